The van der Waals surface area contributed by atoms with E-state index in [1.54, 1.807) is 0 Å². The second-order valence-electron chi connectivity index (χ2n) is 4.13. The molecule has 0 fully saturated rings. The molecule has 0 amide bonds. The highest BCUT2D eigenvalue weighted by Crippen LogP contribution is 2.23. The fourth-order valence-electron chi connectivity index (χ4n) is 1.30. The van der Waals surface area contributed by atoms with Gasteiger partial charge < -0.3 is 18.8 Å². The summed E-state index contributed by atoms with van der Waals surface area (Å²) in [5.74, 6) is -1.07. The molecule has 0 heterocycles. The third kappa shape index (κ3) is 11.9. The van der Waals surface area contributed by atoms with Gasteiger partial charge in [-0.05, 0) is 6.42 Å². The summed E-state index contributed by atoms with van der Waals surface area (Å²) in [5.41, 5.74) is 0. The predicted octanol–water partition coefficient (Wildman–Crippen LogP) is 2.16. The first-order valence-electron chi connectivity index (χ1n) is 6.39. The topological polar surface area (TPSA) is 78.9 Å². The van der Waals surface area contributed by atoms with Crippen molar-refractivity contribution in [1.29, 1.82) is 0 Å². The molecule has 0 aliphatic rings. The van der Waals surface area contributed by atoms with Crippen LogP contribution in [-0.2, 0) is 28.4 Å². The van der Waals surface area contributed by atoms with Crippen molar-refractivity contribution in [2.75, 3.05) is 19.1 Å². The number of ether oxygens (including phenoxy) is 3. The van der Waals surface area contributed by atoms with Gasteiger partial charge in [-0.2, -0.15) is 0 Å². The standard InChI is InChI=1S/C12H23O6P/c1-4-5-7-16-9-19(15)8-6-12(17-10(2)13)18-11(3)14/h12,19H,4-9H2,1-3H3. The highest BCUT2D eigenvalue weighted by Gasteiger charge is 2.16. The second-order valence-corrected chi connectivity index (χ2v) is 6.00. The SMILES string of the molecule is CCCCOC[PH](=O)CCC(OC(C)=O)OC(C)=O. The zero-order valence-corrected chi connectivity index (χ0v) is 12.8. The van der Waals surface area contributed by atoms with Gasteiger partial charge in [0.25, 0.3) is 0 Å². The van der Waals surface area contributed by atoms with E-state index in [9.17, 15) is 14.2 Å². The Hall–Kier alpha value is -0.870. The number of hydrogen-bond donors (Lipinski definition) is 0. The number of carbonyl (C=O) groups is 2. The summed E-state index contributed by atoms with van der Waals surface area (Å²) < 4.78 is 26.5. The zero-order chi connectivity index (χ0) is 14.7. The first-order chi connectivity index (χ1) is 8.95. The van der Waals surface area contributed by atoms with Gasteiger partial charge in [0.05, 0.1) is 6.35 Å². The van der Waals surface area contributed by atoms with Crippen molar-refractivity contribution in [2.45, 2.75) is 46.3 Å². The molecule has 0 aromatic carbocycles. The van der Waals surface area contributed by atoms with E-state index in [4.69, 9.17) is 14.2 Å². The molecule has 1 unspecified atom stereocenters. The Labute approximate surface area is 114 Å². The fourth-order valence-corrected chi connectivity index (χ4v) is 2.37. The van der Waals surface area contributed by atoms with Crippen molar-refractivity contribution >= 4 is 19.7 Å². The van der Waals surface area contributed by atoms with Crippen LogP contribution in [0.5, 0.6) is 0 Å². The summed E-state index contributed by atoms with van der Waals surface area (Å²) in [7, 11) is -1.89. The molecule has 0 saturated heterocycles. The van der Waals surface area contributed by atoms with E-state index in [0.717, 1.165) is 12.8 Å². The van der Waals surface area contributed by atoms with E-state index in [0.29, 0.717) is 12.8 Å². The molecule has 0 aromatic rings. The van der Waals surface area contributed by atoms with Gasteiger partial charge in [0.2, 0.25) is 6.29 Å². The van der Waals surface area contributed by atoms with Crippen LogP contribution in [0.2, 0.25) is 0 Å². The van der Waals surface area contributed by atoms with Gasteiger partial charge in [-0.25, -0.2) is 0 Å². The van der Waals surface area contributed by atoms with Gasteiger partial charge in [0.15, 0.2) is 0 Å². The molecular weight excluding hydrogens is 271 g/mol. The molecule has 112 valence electrons. The van der Waals surface area contributed by atoms with Gasteiger partial charge in [-0.1, -0.05) is 13.3 Å². The van der Waals surface area contributed by atoms with Crippen molar-refractivity contribution in [3.05, 3.63) is 0 Å². The number of carbonyl (C=O) groups excluding carboxylic acids is 2. The normalized spacial score (nSPS) is 12.2. The van der Waals surface area contributed by atoms with E-state index in [1.807, 2.05) is 0 Å². The number of esters is 2. The summed E-state index contributed by atoms with van der Waals surface area (Å²) in [6.45, 7) is 5.11. The average molecular weight is 294 g/mol. The molecule has 7 heteroatoms. The Bertz CT molecular complexity index is 289. The van der Waals surface area contributed by atoms with E-state index < -0.39 is 26.0 Å². The monoisotopic (exact) mass is 294 g/mol. The largest absolute Gasteiger partial charge is 0.425 e. The first-order valence-corrected chi connectivity index (χ1v) is 8.21. The molecule has 0 bridgehead atoms. The fraction of sp³-hybridized carbons (Fsp3) is 0.833. The van der Waals surface area contributed by atoms with Gasteiger partial charge in [0.1, 0.15) is 7.80 Å². The van der Waals surface area contributed by atoms with E-state index in [-0.39, 0.29) is 12.8 Å². The lowest BCUT2D eigenvalue weighted by molar-refractivity contribution is -0.184. The third-order valence-electron chi connectivity index (χ3n) is 2.16. The maximum absolute atomic E-state index is 11.7. The van der Waals surface area contributed by atoms with Crippen LogP contribution < -0.4 is 0 Å². The molecule has 0 aliphatic carbocycles. The second kappa shape index (κ2) is 11.0. The molecule has 0 radical (unpaired) electrons. The van der Waals surface area contributed by atoms with Gasteiger partial charge >= 0.3 is 11.9 Å². The van der Waals surface area contributed by atoms with Gasteiger partial charge in [-0.15, -0.1) is 0 Å². The molecule has 0 N–H and O–H groups in total. The van der Waals surface area contributed by atoms with Crippen molar-refractivity contribution in [2.24, 2.45) is 0 Å². The minimum atomic E-state index is -1.89. The van der Waals surface area contributed by atoms with Crippen LogP contribution in [0.3, 0.4) is 0 Å². The summed E-state index contributed by atoms with van der Waals surface area (Å²) in [4.78, 5) is 21.6. The minimum Gasteiger partial charge on any atom is -0.425 e. The van der Waals surface area contributed by atoms with E-state index in [1.165, 1.54) is 13.8 Å². The van der Waals surface area contributed by atoms with Crippen molar-refractivity contribution in [3.63, 3.8) is 0 Å². The maximum atomic E-state index is 11.7. The number of unbranched alkanes of at least 4 members (excludes halogenated alkanes) is 1. The molecule has 1 atom stereocenters. The predicted molar refractivity (Wildman–Crippen MR) is 71.5 cm³/mol. The van der Waals surface area contributed by atoms with Crippen LogP contribution >= 0.6 is 7.80 Å². The summed E-state index contributed by atoms with van der Waals surface area (Å²) in [6, 6.07) is 0. The third-order valence-corrected chi connectivity index (χ3v) is 3.53. The van der Waals surface area contributed by atoms with Crippen LogP contribution in [-0.4, -0.2) is 37.3 Å². The summed E-state index contributed by atoms with van der Waals surface area (Å²) >= 11 is 0. The Kier molecular flexibility index (Phi) is 10.5. The van der Waals surface area contributed by atoms with Gasteiger partial charge in [0, 0.05) is 33.0 Å². The lowest BCUT2D eigenvalue weighted by Gasteiger charge is -2.16. The molecule has 0 aliphatic heterocycles. The lowest BCUT2D eigenvalue weighted by Crippen LogP contribution is -2.23. The van der Waals surface area contributed by atoms with Crippen molar-refractivity contribution < 1.29 is 28.4 Å². The zero-order valence-electron chi connectivity index (χ0n) is 11.8. The molecule has 0 aromatic heterocycles. The first kappa shape index (κ1) is 18.1. The number of rotatable bonds is 10. The van der Waals surface area contributed by atoms with Crippen LogP contribution in [0.15, 0.2) is 0 Å². The van der Waals surface area contributed by atoms with Crippen LogP contribution in [0.25, 0.3) is 0 Å². The van der Waals surface area contributed by atoms with Crippen LogP contribution in [0.1, 0.15) is 40.0 Å². The van der Waals surface area contributed by atoms with E-state index >= 15 is 0 Å². The Balaban J connectivity index is 3.91. The van der Waals surface area contributed by atoms with Gasteiger partial charge in [-0.3, -0.25) is 9.59 Å². The van der Waals surface area contributed by atoms with Crippen molar-refractivity contribution in [3.8, 4) is 0 Å². The van der Waals surface area contributed by atoms with Crippen LogP contribution in [0.4, 0.5) is 0 Å². The number of hydrogen-bond acceptors (Lipinski definition) is 6. The lowest BCUT2D eigenvalue weighted by atomic mass is 10.4. The molecule has 6 nitrogen and oxygen atoms in total. The average Bonchev–Trinajstić information content (AvgIpc) is 2.30. The molecule has 0 saturated carbocycles. The highest BCUT2D eigenvalue weighted by atomic mass is 31.1. The smallest absolute Gasteiger partial charge is 0.305 e. The molecule has 19 heavy (non-hydrogen) atoms. The Morgan fingerprint density at radius 1 is 1.16 bits per heavy atom. The molecule has 0 rings (SSSR count). The quantitative estimate of drug-likeness (QED) is 0.266. The molecule has 0 spiro atoms. The summed E-state index contributed by atoms with van der Waals surface area (Å²) in [5, 5.41) is 0. The highest BCUT2D eigenvalue weighted by molar-refractivity contribution is 7.44. The Morgan fingerprint density at radius 2 is 1.74 bits per heavy atom. The maximum Gasteiger partial charge on any atom is 0.305 e. The van der Waals surface area contributed by atoms with Crippen molar-refractivity contribution in [1.82, 2.24) is 0 Å². The van der Waals surface area contributed by atoms with E-state index in [2.05, 4.69) is 6.92 Å². The Morgan fingerprint density at radius 3 is 2.21 bits per heavy atom. The molecular formula is C12H23O6P. The summed E-state index contributed by atoms with van der Waals surface area (Å²) in [6.07, 6.45) is 1.79. The van der Waals surface area contributed by atoms with Crippen LogP contribution in [0, 0.1) is 0 Å². The minimum absolute atomic E-state index is 0.220.